The maximum atomic E-state index is 13.5. The fourth-order valence-corrected chi connectivity index (χ4v) is 2.24. The zero-order valence-electron chi connectivity index (χ0n) is 9.46. The van der Waals surface area contributed by atoms with Gasteiger partial charge in [0.1, 0.15) is 5.82 Å². The van der Waals surface area contributed by atoms with Crippen LogP contribution < -0.4 is 0 Å². The molecule has 0 amide bonds. The van der Waals surface area contributed by atoms with Crippen LogP contribution in [0.5, 0.6) is 0 Å². The van der Waals surface area contributed by atoms with Crippen LogP contribution in [0, 0.1) is 18.7 Å². The molecular formula is C13H18FN. The number of hydrogen-bond acceptors (Lipinski definition) is 1. The van der Waals surface area contributed by atoms with E-state index in [1.165, 1.54) is 6.42 Å². The van der Waals surface area contributed by atoms with Gasteiger partial charge in [-0.05, 0) is 31.9 Å². The Morgan fingerprint density at radius 2 is 2.27 bits per heavy atom. The van der Waals surface area contributed by atoms with E-state index in [0.717, 1.165) is 36.7 Å². The Labute approximate surface area is 90.9 Å². The molecule has 2 heteroatoms. The summed E-state index contributed by atoms with van der Waals surface area (Å²) in [4.78, 5) is 2.34. The van der Waals surface area contributed by atoms with Gasteiger partial charge in [-0.2, -0.15) is 0 Å². The molecule has 0 bridgehead atoms. The largest absolute Gasteiger partial charge is 0.299 e. The van der Waals surface area contributed by atoms with E-state index in [-0.39, 0.29) is 5.82 Å². The predicted molar refractivity (Wildman–Crippen MR) is 60.2 cm³/mol. The van der Waals surface area contributed by atoms with Gasteiger partial charge in [0.2, 0.25) is 0 Å². The molecular weight excluding hydrogens is 189 g/mol. The zero-order chi connectivity index (χ0) is 10.8. The van der Waals surface area contributed by atoms with Gasteiger partial charge < -0.3 is 0 Å². The smallest absolute Gasteiger partial charge is 0.127 e. The maximum absolute atomic E-state index is 13.5. The second-order valence-corrected chi connectivity index (χ2v) is 4.72. The summed E-state index contributed by atoms with van der Waals surface area (Å²) in [6.07, 6.45) is 1.24. The molecule has 0 aromatic heterocycles. The van der Waals surface area contributed by atoms with E-state index >= 15 is 0 Å². The first kappa shape index (κ1) is 10.6. The molecule has 15 heavy (non-hydrogen) atoms. The van der Waals surface area contributed by atoms with Crippen molar-refractivity contribution in [3.05, 3.63) is 35.1 Å². The molecule has 1 saturated heterocycles. The predicted octanol–water partition coefficient (Wildman–Crippen LogP) is 2.98. The Hall–Kier alpha value is -0.890. The summed E-state index contributed by atoms with van der Waals surface area (Å²) in [7, 11) is 0. The van der Waals surface area contributed by atoms with E-state index in [2.05, 4.69) is 11.8 Å². The molecule has 0 aliphatic carbocycles. The van der Waals surface area contributed by atoms with Crippen molar-refractivity contribution in [2.24, 2.45) is 5.92 Å². The molecule has 1 aromatic carbocycles. The molecule has 1 aliphatic heterocycles. The Balaban J connectivity index is 2.07. The van der Waals surface area contributed by atoms with Gasteiger partial charge in [-0.15, -0.1) is 0 Å². The van der Waals surface area contributed by atoms with Crippen LogP contribution in [0.4, 0.5) is 4.39 Å². The van der Waals surface area contributed by atoms with Crippen molar-refractivity contribution in [3.63, 3.8) is 0 Å². The van der Waals surface area contributed by atoms with Crippen molar-refractivity contribution in [2.75, 3.05) is 13.1 Å². The first-order valence-electron chi connectivity index (χ1n) is 5.62. The van der Waals surface area contributed by atoms with Crippen LogP contribution in [0.1, 0.15) is 24.5 Å². The first-order valence-corrected chi connectivity index (χ1v) is 5.62. The van der Waals surface area contributed by atoms with E-state index in [1.54, 1.807) is 6.07 Å². The molecule has 1 atom stereocenters. The summed E-state index contributed by atoms with van der Waals surface area (Å²) >= 11 is 0. The number of nitrogens with zero attached hydrogens (tertiary/aromatic N) is 1. The summed E-state index contributed by atoms with van der Waals surface area (Å²) in [6.45, 7) is 7.24. The van der Waals surface area contributed by atoms with Crippen LogP contribution in [0.2, 0.25) is 0 Å². The molecule has 2 rings (SSSR count). The molecule has 0 N–H and O–H groups in total. The number of hydrogen-bond donors (Lipinski definition) is 0. The van der Waals surface area contributed by atoms with E-state index in [4.69, 9.17) is 0 Å². The highest BCUT2D eigenvalue weighted by Gasteiger charge is 2.19. The van der Waals surface area contributed by atoms with E-state index in [9.17, 15) is 4.39 Å². The topological polar surface area (TPSA) is 3.24 Å². The Morgan fingerprint density at radius 3 is 2.93 bits per heavy atom. The Kier molecular flexibility index (Phi) is 3.06. The lowest BCUT2D eigenvalue weighted by Gasteiger charge is -2.16. The normalized spacial score (nSPS) is 22.2. The second kappa shape index (κ2) is 4.31. The van der Waals surface area contributed by atoms with Crippen molar-refractivity contribution < 1.29 is 4.39 Å². The minimum atomic E-state index is -0.0693. The van der Waals surface area contributed by atoms with Gasteiger partial charge in [0.25, 0.3) is 0 Å². The van der Waals surface area contributed by atoms with E-state index in [1.807, 2.05) is 19.1 Å². The fraction of sp³-hybridized carbons (Fsp3) is 0.538. The van der Waals surface area contributed by atoms with E-state index in [0.29, 0.717) is 0 Å². The van der Waals surface area contributed by atoms with Crippen molar-refractivity contribution in [3.8, 4) is 0 Å². The van der Waals surface area contributed by atoms with Crippen molar-refractivity contribution >= 4 is 0 Å². The molecule has 0 radical (unpaired) electrons. The average Bonchev–Trinajstić information content (AvgIpc) is 2.58. The highest BCUT2D eigenvalue weighted by molar-refractivity contribution is 5.24. The van der Waals surface area contributed by atoms with Crippen LogP contribution in [-0.4, -0.2) is 18.0 Å². The summed E-state index contributed by atoms with van der Waals surface area (Å²) < 4.78 is 13.5. The highest BCUT2D eigenvalue weighted by atomic mass is 19.1. The van der Waals surface area contributed by atoms with Gasteiger partial charge in [-0.1, -0.05) is 24.6 Å². The van der Waals surface area contributed by atoms with Crippen LogP contribution in [0.25, 0.3) is 0 Å². The minimum Gasteiger partial charge on any atom is -0.299 e. The fourth-order valence-electron chi connectivity index (χ4n) is 2.24. The number of benzene rings is 1. The SMILES string of the molecule is Cc1ccc(F)c(CN2CCC(C)C2)c1. The van der Waals surface area contributed by atoms with Crippen LogP contribution in [0.15, 0.2) is 18.2 Å². The molecule has 1 unspecified atom stereocenters. The van der Waals surface area contributed by atoms with Gasteiger partial charge in [0, 0.05) is 18.7 Å². The molecule has 1 heterocycles. The summed E-state index contributed by atoms with van der Waals surface area (Å²) in [6, 6.07) is 5.36. The number of aryl methyl sites for hydroxylation is 1. The quantitative estimate of drug-likeness (QED) is 0.720. The maximum Gasteiger partial charge on any atom is 0.127 e. The Morgan fingerprint density at radius 1 is 1.47 bits per heavy atom. The number of halogens is 1. The summed E-state index contributed by atoms with van der Waals surface area (Å²) in [5, 5.41) is 0. The highest BCUT2D eigenvalue weighted by Crippen LogP contribution is 2.19. The summed E-state index contributed by atoms with van der Waals surface area (Å²) in [5.74, 6) is 0.693. The van der Waals surface area contributed by atoms with E-state index < -0.39 is 0 Å². The monoisotopic (exact) mass is 207 g/mol. The lowest BCUT2D eigenvalue weighted by atomic mass is 10.1. The molecule has 82 valence electrons. The molecule has 1 aromatic rings. The molecule has 1 nitrogen and oxygen atoms in total. The molecule has 0 saturated carbocycles. The first-order chi connectivity index (χ1) is 7.15. The lowest BCUT2D eigenvalue weighted by molar-refractivity contribution is 0.315. The van der Waals surface area contributed by atoms with Gasteiger partial charge in [-0.3, -0.25) is 4.90 Å². The van der Waals surface area contributed by atoms with Gasteiger partial charge >= 0.3 is 0 Å². The van der Waals surface area contributed by atoms with Gasteiger partial charge in [-0.25, -0.2) is 4.39 Å². The molecule has 0 spiro atoms. The summed E-state index contributed by atoms with van der Waals surface area (Å²) in [5.41, 5.74) is 1.97. The molecule has 1 aliphatic rings. The van der Waals surface area contributed by atoms with Crippen LogP contribution >= 0.6 is 0 Å². The second-order valence-electron chi connectivity index (χ2n) is 4.72. The van der Waals surface area contributed by atoms with Crippen molar-refractivity contribution in [2.45, 2.75) is 26.8 Å². The average molecular weight is 207 g/mol. The standard InChI is InChI=1S/C13H18FN/c1-10-3-4-13(14)12(7-10)9-15-6-5-11(2)8-15/h3-4,7,11H,5-6,8-9H2,1-2H3. The van der Waals surface area contributed by atoms with Crippen LogP contribution in [0.3, 0.4) is 0 Å². The lowest BCUT2D eigenvalue weighted by Crippen LogP contribution is -2.20. The van der Waals surface area contributed by atoms with Gasteiger partial charge in [0.15, 0.2) is 0 Å². The third-order valence-electron chi connectivity index (χ3n) is 3.10. The van der Waals surface area contributed by atoms with Crippen LogP contribution in [-0.2, 0) is 6.54 Å². The Bertz CT molecular complexity index is 348. The van der Waals surface area contributed by atoms with Crippen molar-refractivity contribution in [1.29, 1.82) is 0 Å². The number of likely N-dealkylation sites (tertiary alicyclic amines) is 1. The third kappa shape index (κ3) is 2.57. The zero-order valence-corrected chi connectivity index (χ0v) is 9.46. The number of rotatable bonds is 2. The minimum absolute atomic E-state index is 0.0693. The molecule has 1 fully saturated rings. The van der Waals surface area contributed by atoms with Gasteiger partial charge in [0.05, 0.1) is 0 Å². The third-order valence-corrected chi connectivity index (χ3v) is 3.10. The van der Waals surface area contributed by atoms with Crippen molar-refractivity contribution in [1.82, 2.24) is 4.90 Å².